The highest BCUT2D eigenvalue weighted by Gasteiger charge is 2.16. The number of para-hydroxylation sites is 2. The van der Waals surface area contributed by atoms with Crippen molar-refractivity contribution in [2.45, 2.75) is 0 Å². The number of fused-ring (bicyclic) bond motifs is 1. The third kappa shape index (κ3) is 2.68. The molecule has 2 aromatic rings. The molecule has 1 saturated heterocycles. The summed E-state index contributed by atoms with van der Waals surface area (Å²) in [4.78, 5) is 21.3. The Balaban J connectivity index is 1.60. The van der Waals surface area contributed by atoms with Crippen molar-refractivity contribution in [1.82, 2.24) is 14.9 Å². The van der Waals surface area contributed by atoms with E-state index in [2.05, 4.69) is 15.3 Å². The number of amides is 1. The second-order valence-electron chi connectivity index (χ2n) is 4.45. The van der Waals surface area contributed by atoms with Crippen LogP contribution in [-0.2, 0) is 9.53 Å². The van der Waals surface area contributed by atoms with Crippen LogP contribution >= 0.6 is 0 Å². The number of nitrogens with one attached hydrogen (secondary N) is 2. The number of carbonyl (C=O) groups is 1. The summed E-state index contributed by atoms with van der Waals surface area (Å²) in [6.07, 6.45) is 0. The number of anilines is 1. The maximum Gasteiger partial charge on any atom is 0.242 e. The minimum Gasteiger partial charge on any atom is -0.378 e. The van der Waals surface area contributed by atoms with E-state index in [9.17, 15) is 4.79 Å². The number of imidazole rings is 1. The van der Waals surface area contributed by atoms with Gasteiger partial charge in [0.2, 0.25) is 11.9 Å². The fourth-order valence-corrected chi connectivity index (χ4v) is 2.12. The van der Waals surface area contributed by atoms with Gasteiger partial charge in [0.25, 0.3) is 0 Å². The highest BCUT2D eigenvalue weighted by Crippen LogP contribution is 2.13. The van der Waals surface area contributed by atoms with Crippen LogP contribution in [-0.4, -0.2) is 53.6 Å². The molecule has 1 aromatic heterocycles. The molecule has 100 valence electrons. The maximum absolute atomic E-state index is 12.0. The Morgan fingerprint density at radius 3 is 2.95 bits per heavy atom. The molecule has 6 heteroatoms. The van der Waals surface area contributed by atoms with E-state index >= 15 is 0 Å². The molecule has 0 radical (unpaired) electrons. The third-order valence-corrected chi connectivity index (χ3v) is 3.16. The number of hydrogen-bond acceptors (Lipinski definition) is 4. The van der Waals surface area contributed by atoms with Gasteiger partial charge in [-0.2, -0.15) is 0 Å². The van der Waals surface area contributed by atoms with Crippen molar-refractivity contribution in [3.8, 4) is 0 Å². The van der Waals surface area contributed by atoms with Crippen molar-refractivity contribution in [3.05, 3.63) is 24.3 Å². The van der Waals surface area contributed by atoms with Crippen LogP contribution < -0.4 is 5.32 Å². The minimum absolute atomic E-state index is 0.0729. The number of carbonyl (C=O) groups excluding carboxylic acids is 1. The standard InChI is InChI=1S/C13H16N4O2/c18-12(17-5-7-19-8-6-17)9-14-13-15-10-3-1-2-4-11(10)16-13/h1-4H,5-9H2,(H2,14,15,16). The highest BCUT2D eigenvalue weighted by atomic mass is 16.5. The van der Waals surface area contributed by atoms with Crippen LogP contribution in [0.5, 0.6) is 0 Å². The van der Waals surface area contributed by atoms with Crippen molar-refractivity contribution >= 4 is 22.9 Å². The van der Waals surface area contributed by atoms with E-state index in [1.54, 1.807) is 4.90 Å². The SMILES string of the molecule is O=C(CNc1nc2ccccc2[nH]1)N1CCOCC1. The molecule has 0 spiro atoms. The number of aromatic amines is 1. The largest absolute Gasteiger partial charge is 0.378 e. The first-order chi connectivity index (χ1) is 9.33. The van der Waals surface area contributed by atoms with E-state index in [0.717, 1.165) is 11.0 Å². The molecule has 3 rings (SSSR count). The Hall–Kier alpha value is -2.08. The number of rotatable bonds is 3. The van der Waals surface area contributed by atoms with Gasteiger partial charge in [-0.05, 0) is 12.1 Å². The molecule has 1 fully saturated rings. The highest BCUT2D eigenvalue weighted by molar-refractivity contribution is 5.82. The van der Waals surface area contributed by atoms with Gasteiger partial charge in [-0.3, -0.25) is 4.79 Å². The van der Waals surface area contributed by atoms with Gasteiger partial charge in [0, 0.05) is 13.1 Å². The lowest BCUT2D eigenvalue weighted by Gasteiger charge is -2.26. The van der Waals surface area contributed by atoms with Gasteiger partial charge in [0.1, 0.15) is 0 Å². The molecular formula is C13H16N4O2. The predicted molar refractivity (Wildman–Crippen MR) is 72.0 cm³/mol. The van der Waals surface area contributed by atoms with Crippen molar-refractivity contribution in [3.63, 3.8) is 0 Å². The van der Waals surface area contributed by atoms with Gasteiger partial charge in [-0.1, -0.05) is 12.1 Å². The van der Waals surface area contributed by atoms with Gasteiger partial charge < -0.3 is 19.9 Å². The van der Waals surface area contributed by atoms with Crippen molar-refractivity contribution in [1.29, 1.82) is 0 Å². The number of H-pyrrole nitrogens is 1. The third-order valence-electron chi connectivity index (χ3n) is 3.16. The van der Waals surface area contributed by atoms with Gasteiger partial charge in [0.15, 0.2) is 0 Å². The number of benzene rings is 1. The van der Waals surface area contributed by atoms with Crippen molar-refractivity contribution < 1.29 is 9.53 Å². The van der Waals surface area contributed by atoms with Crippen LogP contribution in [0.3, 0.4) is 0 Å². The smallest absolute Gasteiger partial charge is 0.242 e. The van der Waals surface area contributed by atoms with Crippen molar-refractivity contribution in [2.75, 3.05) is 38.2 Å². The molecule has 19 heavy (non-hydrogen) atoms. The van der Waals surface area contributed by atoms with E-state index in [1.807, 2.05) is 24.3 Å². The van der Waals surface area contributed by atoms with Crippen LogP contribution in [0.2, 0.25) is 0 Å². The predicted octanol–water partition coefficient (Wildman–Crippen LogP) is 0.834. The molecule has 1 aliphatic rings. The quantitative estimate of drug-likeness (QED) is 0.857. The fourth-order valence-electron chi connectivity index (χ4n) is 2.12. The molecule has 6 nitrogen and oxygen atoms in total. The topological polar surface area (TPSA) is 70.2 Å². The molecule has 0 aliphatic carbocycles. The zero-order valence-electron chi connectivity index (χ0n) is 10.6. The molecule has 1 amide bonds. The molecule has 0 bridgehead atoms. The number of nitrogens with zero attached hydrogens (tertiary/aromatic N) is 2. The number of aromatic nitrogens is 2. The van der Waals surface area contributed by atoms with Crippen LogP contribution in [0.4, 0.5) is 5.95 Å². The number of morpholine rings is 1. The van der Waals surface area contributed by atoms with Crippen LogP contribution in [0.25, 0.3) is 11.0 Å². The van der Waals surface area contributed by atoms with Gasteiger partial charge in [0.05, 0.1) is 30.8 Å². The molecule has 2 N–H and O–H groups in total. The summed E-state index contributed by atoms with van der Waals surface area (Å²) in [6, 6.07) is 7.77. The van der Waals surface area contributed by atoms with E-state index in [0.29, 0.717) is 32.3 Å². The Morgan fingerprint density at radius 1 is 1.37 bits per heavy atom. The Kier molecular flexibility index (Phi) is 3.33. The lowest BCUT2D eigenvalue weighted by Crippen LogP contribution is -2.43. The number of hydrogen-bond donors (Lipinski definition) is 2. The molecule has 0 unspecified atom stereocenters. The molecule has 0 atom stereocenters. The van der Waals surface area contributed by atoms with Gasteiger partial charge in [-0.15, -0.1) is 0 Å². The van der Waals surface area contributed by atoms with Crippen LogP contribution in [0.1, 0.15) is 0 Å². The summed E-state index contributed by atoms with van der Waals surface area (Å²) in [5, 5.41) is 3.03. The summed E-state index contributed by atoms with van der Waals surface area (Å²) < 4.78 is 5.22. The second kappa shape index (κ2) is 5.27. The average Bonchev–Trinajstić information content (AvgIpc) is 2.88. The lowest BCUT2D eigenvalue weighted by atomic mass is 10.3. The normalized spacial score (nSPS) is 15.7. The Bertz CT molecular complexity index is 542. The van der Waals surface area contributed by atoms with E-state index in [1.165, 1.54) is 0 Å². The molecule has 1 aromatic carbocycles. The molecule has 0 saturated carbocycles. The van der Waals surface area contributed by atoms with Crippen LogP contribution in [0, 0.1) is 0 Å². The molecule has 2 heterocycles. The molecular weight excluding hydrogens is 244 g/mol. The van der Waals surface area contributed by atoms with E-state index < -0.39 is 0 Å². The van der Waals surface area contributed by atoms with Crippen molar-refractivity contribution in [2.24, 2.45) is 0 Å². The Morgan fingerprint density at radius 2 is 2.16 bits per heavy atom. The van der Waals surface area contributed by atoms with Gasteiger partial charge in [-0.25, -0.2) is 4.98 Å². The Labute approximate surface area is 110 Å². The van der Waals surface area contributed by atoms with Crippen LogP contribution in [0.15, 0.2) is 24.3 Å². The van der Waals surface area contributed by atoms with Gasteiger partial charge >= 0.3 is 0 Å². The molecule has 1 aliphatic heterocycles. The summed E-state index contributed by atoms with van der Waals surface area (Å²) >= 11 is 0. The van der Waals surface area contributed by atoms with E-state index in [4.69, 9.17) is 4.74 Å². The lowest BCUT2D eigenvalue weighted by molar-refractivity contribution is -0.133. The maximum atomic E-state index is 12.0. The number of ether oxygens (including phenoxy) is 1. The summed E-state index contributed by atoms with van der Waals surface area (Å²) in [7, 11) is 0. The fraction of sp³-hybridized carbons (Fsp3) is 0.385. The first-order valence-corrected chi connectivity index (χ1v) is 6.37. The average molecular weight is 260 g/mol. The first kappa shape index (κ1) is 12.0. The minimum atomic E-state index is 0.0729. The second-order valence-corrected chi connectivity index (χ2v) is 4.45. The summed E-state index contributed by atoms with van der Waals surface area (Å²) in [6.45, 7) is 2.83. The summed E-state index contributed by atoms with van der Waals surface area (Å²) in [5.41, 5.74) is 1.85. The van der Waals surface area contributed by atoms with E-state index in [-0.39, 0.29) is 12.5 Å². The monoisotopic (exact) mass is 260 g/mol. The zero-order valence-corrected chi connectivity index (χ0v) is 10.6. The zero-order chi connectivity index (χ0) is 13.1. The summed E-state index contributed by atoms with van der Waals surface area (Å²) in [5.74, 6) is 0.701. The first-order valence-electron chi connectivity index (χ1n) is 6.37.